The molecule has 1 aliphatic heterocycles. The summed E-state index contributed by atoms with van der Waals surface area (Å²) in [6.07, 6.45) is 5.00. The Morgan fingerprint density at radius 3 is 2.59 bits per heavy atom. The molecule has 4 rings (SSSR count). The predicted octanol–water partition coefficient (Wildman–Crippen LogP) is 3.82. The minimum absolute atomic E-state index is 0.210. The molecule has 0 spiro atoms. The lowest BCUT2D eigenvalue weighted by Crippen LogP contribution is -2.45. The quantitative estimate of drug-likeness (QED) is 0.715. The normalized spacial score (nSPS) is 14.6. The molecule has 0 atom stereocenters. The number of carbonyl (C=O) groups is 1. The number of nitrogens with one attached hydrogen (secondary N) is 1. The number of hydrogen-bond donors (Lipinski definition) is 1. The van der Waals surface area contributed by atoms with E-state index in [2.05, 4.69) is 10.5 Å². The van der Waals surface area contributed by atoms with E-state index in [4.69, 9.17) is 4.74 Å². The van der Waals surface area contributed by atoms with Crippen molar-refractivity contribution in [3.63, 3.8) is 0 Å². The molecule has 1 aromatic heterocycles. The number of nitrogens with zero attached hydrogens (tertiary/aromatic N) is 3. The van der Waals surface area contributed by atoms with Crippen LogP contribution in [-0.2, 0) is 0 Å². The van der Waals surface area contributed by atoms with Crippen LogP contribution in [0.25, 0.3) is 16.9 Å². The molecule has 3 aromatic rings. The van der Waals surface area contributed by atoms with E-state index in [1.54, 1.807) is 30.1 Å². The topological polar surface area (TPSA) is 59.4 Å². The molecular formula is C22H23FN4O2. The summed E-state index contributed by atoms with van der Waals surface area (Å²) in [6, 6.07) is 13.4. The summed E-state index contributed by atoms with van der Waals surface area (Å²) in [7, 11) is 1.60. The number of rotatable bonds is 5. The highest BCUT2D eigenvalue weighted by Crippen LogP contribution is 2.27. The lowest BCUT2D eigenvalue weighted by molar-refractivity contribution is 0.0750. The molecule has 29 heavy (non-hydrogen) atoms. The zero-order valence-electron chi connectivity index (χ0n) is 16.3. The second-order valence-electron chi connectivity index (χ2n) is 7.03. The summed E-state index contributed by atoms with van der Waals surface area (Å²) in [4.78, 5) is 13.1. The van der Waals surface area contributed by atoms with Gasteiger partial charge in [0.05, 0.1) is 18.4 Å². The van der Waals surface area contributed by atoms with Crippen LogP contribution in [0.4, 0.5) is 4.39 Å². The van der Waals surface area contributed by atoms with E-state index in [0.717, 1.165) is 31.5 Å². The summed E-state index contributed by atoms with van der Waals surface area (Å²) >= 11 is 0. The molecule has 1 N–H and O–H groups in total. The number of amides is 1. The standard InChI is InChI=1S/C22H23FN4O2/c1-29-19-7-5-6-16(14-19)21-20(22(28)25-26-12-3-2-4-13-26)15-27(24-21)18-10-8-17(23)9-11-18/h5-11,14-15H,2-4,12-13H2,1H3,(H,25,28). The molecule has 0 saturated carbocycles. The third kappa shape index (κ3) is 4.30. The largest absolute Gasteiger partial charge is 0.497 e. The molecule has 1 fully saturated rings. The fourth-order valence-corrected chi connectivity index (χ4v) is 3.46. The Labute approximate surface area is 168 Å². The first kappa shape index (κ1) is 19.1. The summed E-state index contributed by atoms with van der Waals surface area (Å²) < 4.78 is 20.2. The van der Waals surface area contributed by atoms with Crippen LogP contribution in [0, 0.1) is 5.82 Å². The van der Waals surface area contributed by atoms with Crippen LogP contribution in [0.1, 0.15) is 29.6 Å². The Bertz CT molecular complexity index is 994. The van der Waals surface area contributed by atoms with Gasteiger partial charge in [0.15, 0.2) is 0 Å². The first-order valence-electron chi connectivity index (χ1n) is 9.70. The predicted molar refractivity (Wildman–Crippen MR) is 108 cm³/mol. The van der Waals surface area contributed by atoms with Gasteiger partial charge in [-0.2, -0.15) is 5.10 Å². The van der Waals surface area contributed by atoms with Gasteiger partial charge in [-0.15, -0.1) is 0 Å². The second-order valence-corrected chi connectivity index (χ2v) is 7.03. The van der Waals surface area contributed by atoms with Gasteiger partial charge in [-0.05, 0) is 49.2 Å². The van der Waals surface area contributed by atoms with Gasteiger partial charge in [0, 0.05) is 24.8 Å². The van der Waals surface area contributed by atoms with E-state index in [0.29, 0.717) is 22.7 Å². The minimum atomic E-state index is -0.322. The van der Waals surface area contributed by atoms with Crippen LogP contribution in [0.2, 0.25) is 0 Å². The van der Waals surface area contributed by atoms with Crippen LogP contribution >= 0.6 is 0 Å². The third-order valence-corrected chi connectivity index (χ3v) is 5.01. The molecule has 0 bridgehead atoms. The molecule has 0 aliphatic carbocycles. The maximum absolute atomic E-state index is 13.3. The van der Waals surface area contributed by atoms with Crippen LogP contribution in [0.5, 0.6) is 5.75 Å². The molecule has 1 amide bonds. The summed E-state index contributed by atoms with van der Waals surface area (Å²) in [6.45, 7) is 1.68. The van der Waals surface area contributed by atoms with E-state index >= 15 is 0 Å². The molecule has 7 heteroatoms. The first-order valence-corrected chi connectivity index (χ1v) is 9.70. The van der Waals surface area contributed by atoms with Gasteiger partial charge in [-0.3, -0.25) is 10.2 Å². The summed E-state index contributed by atoms with van der Waals surface area (Å²) in [5.74, 6) is 0.149. The number of hydrogen-bond acceptors (Lipinski definition) is 4. The van der Waals surface area contributed by atoms with E-state index in [9.17, 15) is 9.18 Å². The molecule has 150 valence electrons. The molecule has 0 unspecified atom stereocenters. The zero-order chi connectivity index (χ0) is 20.2. The van der Waals surface area contributed by atoms with Crippen molar-refractivity contribution < 1.29 is 13.9 Å². The summed E-state index contributed by atoms with van der Waals surface area (Å²) in [5.41, 5.74) is 5.44. The molecule has 2 heterocycles. The summed E-state index contributed by atoms with van der Waals surface area (Å²) in [5, 5.41) is 6.58. The van der Waals surface area contributed by atoms with Crippen molar-refractivity contribution in [2.75, 3.05) is 20.2 Å². The lowest BCUT2D eigenvalue weighted by Gasteiger charge is -2.26. The number of hydrazine groups is 1. The van der Waals surface area contributed by atoms with Crippen molar-refractivity contribution in [2.45, 2.75) is 19.3 Å². The highest BCUT2D eigenvalue weighted by atomic mass is 19.1. The van der Waals surface area contributed by atoms with Gasteiger partial charge in [-0.25, -0.2) is 14.1 Å². The van der Waals surface area contributed by atoms with E-state index in [-0.39, 0.29) is 11.7 Å². The Morgan fingerprint density at radius 1 is 1.10 bits per heavy atom. The van der Waals surface area contributed by atoms with Crippen LogP contribution in [0.15, 0.2) is 54.7 Å². The van der Waals surface area contributed by atoms with Crippen molar-refractivity contribution in [3.8, 4) is 22.7 Å². The van der Waals surface area contributed by atoms with Crippen LogP contribution < -0.4 is 10.2 Å². The number of benzene rings is 2. The van der Waals surface area contributed by atoms with E-state index in [1.807, 2.05) is 29.3 Å². The molecule has 1 aliphatic rings. The maximum Gasteiger partial charge on any atom is 0.269 e. The molecule has 6 nitrogen and oxygen atoms in total. The van der Waals surface area contributed by atoms with Crippen LogP contribution in [0.3, 0.4) is 0 Å². The van der Waals surface area contributed by atoms with E-state index in [1.165, 1.54) is 18.6 Å². The smallest absolute Gasteiger partial charge is 0.269 e. The molecule has 2 aromatic carbocycles. The average Bonchev–Trinajstić information content (AvgIpc) is 3.21. The van der Waals surface area contributed by atoms with Gasteiger partial charge in [0.1, 0.15) is 17.3 Å². The first-order chi connectivity index (χ1) is 14.1. The number of methoxy groups -OCH3 is 1. The lowest BCUT2D eigenvalue weighted by atomic mass is 10.1. The van der Waals surface area contributed by atoms with E-state index < -0.39 is 0 Å². The fraction of sp³-hybridized carbons (Fsp3) is 0.273. The Kier molecular flexibility index (Phi) is 5.57. The second kappa shape index (κ2) is 8.45. The monoisotopic (exact) mass is 394 g/mol. The SMILES string of the molecule is COc1cccc(-c2nn(-c3ccc(F)cc3)cc2C(=O)NN2CCCCC2)c1. The number of piperidine rings is 1. The fourth-order valence-electron chi connectivity index (χ4n) is 3.46. The van der Waals surface area contributed by atoms with Gasteiger partial charge >= 0.3 is 0 Å². The highest BCUT2D eigenvalue weighted by Gasteiger charge is 2.21. The Balaban J connectivity index is 1.72. The highest BCUT2D eigenvalue weighted by molar-refractivity contribution is 5.99. The van der Waals surface area contributed by atoms with Crippen molar-refractivity contribution in [3.05, 3.63) is 66.1 Å². The van der Waals surface area contributed by atoms with Gasteiger partial charge < -0.3 is 4.74 Å². The number of aromatic nitrogens is 2. The number of ether oxygens (including phenoxy) is 1. The molecular weight excluding hydrogens is 371 g/mol. The molecule has 1 saturated heterocycles. The van der Waals surface area contributed by atoms with Crippen molar-refractivity contribution in [2.24, 2.45) is 0 Å². The van der Waals surface area contributed by atoms with Crippen molar-refractivity contribution >= 4 is 5.91 Å². The van der Waals surface area contributed by atoms with Gasteiger partial charge in [0.2, 0.25) is 0 Å². The minimum Gasteiger partial charge on any atom is -0.497 e. The number of halogens is 1. The molecule has 0 radical (unpaired) electrons. The Hall–Kier alpha value is -3.19. The zero-order valence-corrected chi connectivity index (χ0v) is 16.3. The average molecular weight is 394 g/mol. The third-order valence-electron chi connectivity index (χ3n) is 5.01. The number of carbonyl (C=O) groups excluding carboxylic acids is 1. The van der Waals surface area contributed by atoms with Gasteiger partial charge in [0.25, 0.3) is 5.91 Å². The van der Waals surface area contributed by atoms with Crippen molar-refractivity contribution in [1.29, 1.82) is 0 Å². The van der Waals surface area contributed by atoms with Crippen molar-refractivity contribution in [1.82, 2.24) is 20.2 Å². The maximum atomic E-state index is 13.3. The van der Waals surface area contributed by atoms with Crippen LogP contribution in [-0.4, -0.2) is 40.9 Å². The van der Waals surface area contributed by atoms with Gasteiger partial charge in [-0.1, -0.05) is 18.6 Å². The Morgan fingerprint density at radius 2 is 1.86 bits per heavy atom.